The number of hydrogen-bond acceptors (Lipinski definition) is 2. The van der Waals surface area contributed by atoms with Crippen LogP contribution in [0.2, 0.25) is 0 Å². The number of aromatic hydroxyl groups is 1. The third kappa shape index (κ3) is 2.58. The molecule has 1 rings (SSSR count). The lowest BCUT2D eigenvalue weighted by Crippen LogP contribution is -2.22. The molecular formula is C13H19BrO2. The second-order valence-corrected chi connectivity index (χ2v) is 5.95. The van der Waals surface area contributed by atoms with Gasteiger partial charge in [0.2, 0.25) is 0 Å². The average molecular weight is 287 g/mol. The summed E-state index contributed by atoms with van der Waals surface area (Å²) in [6.07, 6.45) is 0. The van der Waals surface area contributed by atoms with Gasteiger partial charge in [0, 0.05) is 11.0 Å². The Labute approximate surface area is 105 Å². The SMILES string of the molecule is CC(C)c1cc(Br)c(O)c(C(C)(C)CO)c1. The second-order valence-electron chi connectivity index (χ2n) is 5.10. The van der Waals surface area contributed by atoms with Crippen LogP contribution in [-0.2, 0) is 5.41 Å². The minimum absolute atomic E-state index is 0.00848. The summed E-state index contributed by atoms with van der Waals surface area (Å²) in [6.45, 7) is 8.05. The highest BCUT2D eigenvalue weighted by Gasteiger charge is 2.25. The Morgan fingerprint density at radius 2 is 1.88 bits per heavy atom. The maximum absolute atomic E-state index is 10.0. The Balaban J connectivity index is 3.38. The minimum atomic E-state index is -0.433. The van der Waals surface area contributed by atoms with Gasteiger partial charge in [-0.3, -0.25) is 0 Å². The summed E-state index contributed by atoms with van der Waals surface area (Å²) in [5.41, 5.74) is 1.51. The highest BCUT2D eigenvalue weighted by Crippen LogP contribution is 2.38. The molecule has 90 valence electrons. The average Bonchev–Trinajstić information content (AvgIpc) is 2.21. The van der Waals surface area contributed by atoms with Crippen molar-refractivity contribution in [2.45, 2.75) is 39.0 Å². The standard InChI is InChI=1S/C13H19BrO2/c1-8(2)9-5-10(13(3,4)7-15)12(16)11(14)6-9/h5-6,8,15-16H,7H2,1-4H3. The molecule has 0 amide bonds. The zero-order valence-electron chi connectivity index (χ0n) is 10.2. The van der Waals surface area contributed by atoms with E-state index in [1.165, 1.54) is 0 Å². The molecule has 2 N–H and O–H groups in total. The van der Waals surface area contributed by atoms with Crippen LogP contribution in [-0.4, -0.2) is 16.8 Å². The van der Waals surface area contributed by atoms with Gasteiger partial charge >= 0.3 is 0 Å². The molecule has 1 aromatic rings. The molecule has 0 heterocycles. The van der Waals surface area contributed by atoms with Crippen LogP contribution >= 0.6 is 15.9 Å². The van der Waals surface area contributed by atoms with Crippen molar-refractivity contribution in [2.24, 2.45) is 0 Å². The van der Waals surface area contributed by atoms with Gasteiger partial charge in [0.25, 0.3) is 0 Å². The maximum Gasteiger partial charge on any atom is 0.133 e. The monoisotopic (exact) mass is 286 g/mol. The van der Waals surface area contributed by atoms with Crippen LogP contribution in [0.25, 0.3) is 0 Å². The normalized spacial score (nSPS) is 12.2. The molecule has 16 heavy (non-hydrogen) atoms. The van der Waals surface area contributed by atoms with E-state index in [0.717, 1.165) is 11.1 Å². The van der Waals surface area contributed by atoms with Crippen LogP contribution < -0.4 is 0 Å². The molecule has 0 aliphatic rings. The van der Waals surface area contributed by atoms with E-state index in [4.69, 9.17) is 0 Å². The van der Waals surface area contributed by atoms with Crippen LogP contribution in [0, 0.1) is 0 Å². The number of hydrogen-bond donors (Lipinski definition) is 2. The number of phenols is 1. The summed E-state index contributed by atoms with van der Waals surface area (Å²) in [5, 5.41) is 19.4. The Bertz CT molecular complexity index is 384. The zero-order valence-corrected chi connectivity index (χ0v) is 11.8. The van der Waals surface area contributed by atoms with Crippen molar-refractivity contribution in [2.75, 3.05) is 6.61 Å². The Morgan fingerprint density at radius 1 is 1.31 bits per heavy atom. The first-order valence-electron chi connectivity index (χ1n) is 5.43. The fraction of sp³-hybridized carbons (Fsp3) is 0.538. The number of rotatable bonds is 3. The summed E-state index contributed by atoms with van der Waals surface area (Å²) >= 11 is 3.36. The number of halogens is 1. The fourth-order valence-electron chi connectivity index (χ4n) is 1.55. The van der Waals surface area contributed by atoms with Gasteiger partial charge in [0.1, 0.15) is 5.75 Å². The summed E-state index contributed by atoms with van der Waals surface area (Å²) in [6, 6.07) is 3.90. The first kappa shape index (κ1) is 13.5. The van der Waals surface area contributed by atoms with Crippen LogP contribution in [0.4, 0.5) is 0 Å². The first-order valence-corrected chi connectivity index (χ1v) is 6.22. The van der Waals surface area contributed by atoms with E-state index in [2.05, 4.69) is 29.8 Å². The third-order valence-electron chi connectivity index (χ3n) is 2.88. The van der Waals surface area contributed by atoms with Crippen LogP contribution in [0.1, 0.15) is 44.7 Å². The lowest BCUT2D eigenvalue weighted by Gasteiger charge is -2.25. The lowest BCUT2D eigenvalue weighted by atomic mass is 9.83. The van der Waals surface area contributed by atoms with Gasteiger partial charge in [-0.15, -0.1) is 0 Å². The number of aliphatic hydroxyl groups is 1. The Hall–Kier alpha value is -0.540. The molecule has 3 heteroatoms. The topological polar surface area (TPSA) is 40.5 Å². The van der Waals surface area contributed by atoms with Crippen molar-refractivity contribution in [3.05, 3.63) is 27.7 Å². The molecule has 0 aliphatic carbocycles. The predicted molar refractivity (Wildman–Crippen MR) is 70.0 cm³/mol. The van der Waals surface area contributed by atoms with E-state index in [0.29, 0.717) is 10.4 Å². The van der Waals surface area contributed by atoms with Crippen molar-refractivity contribution in [1.29, 1.82) is 0 Å². The second kappa shape index (κ2) is 4.76. The van der Waals surface area contributed by atoms with Gasteiger partial charge < -0.3 is 10.2 Å². The molecule has 0 radical (unpaired) electrons. The number of aliphatic hydroxyl groups excluding tert-OH is 1. The molecule has 0 saturated heterocycles. The highest BCUT2D eigenvalue weighted by molar-refractivity contribution is 9.10. The molecule has 1 aromatic carbocycles. The van der Waals surface area contributed by atoms with Gasteiger partial charge in [0.15, 0.2) is 0 Å². The number of benzene rings is 1. The van der Waals surface area contributed by atoms with E-state index in [9.17, 15) is 10.2 Å². The van der Waals surface area contributed by atoms with E-state index in [-0.39, 0.29) is 12.4 Å². The molecule has 2 nitrogen and oxygen atoms in total. The zero-order chi connectivity index (χ0) is 12.5. The van der Waals surface area contributed by atoms with Crippen molar-refractivity contribution >= 4 is 15.9 Å². The van der Waals surface area contributed by atoms with Gasteiger partial charge in [-0.1, -0.05) is 33.8 Å². The Kier molecular flexibility index (Phi) is 4.02. The van der Waals surface area contributed by atoms with Gasteiger partial charge in [-0.05, 0) is 33.5 Å². The summed E-state index contributed by atoms with van der Waals surface area (Å²) in [7, 11) is 0. The molecule has 0 atom stereocenters. The molecule has 0 aromatic heterocycles. The lowest BCUT2D eigenvalue weighted by molar-refractivity contribution is 0.215. The smallest absolute Gasteiger partial charge is 0.133 e. The Morgan fingerprint density at radius 3 is 2.31 bits per heavy atom. The molecule has 0 fully saturated rings. The molecule has 0 unspecified atom stereocenters. The molecule has 0 saturated carbocycles. The molecular weight excluding hydrogens is 268 g/mol. The van der Waals surface area contributed by atoms with Crippen molar-refractivity contribution in [3.63, 3.8) is 0 Å². The van der Waals surface area contributed by atoms with Crippen molar-refractivity contribution < 1.29 is 10.2 Å². The van der Waals surface area contributed by atoms with E-state index >= 15 is 0 Å². The van der Waals surface area contributed by atoms with Gasteiger partial charge in [0.05, 0.1) is 11.1 Å². The summed E-state index contributed by atoms with van der Waals surface area (Å²) in [4.78, 5) is 0. The van der Waals surface area contributed by atoms with Gasteiger partial charge in [-0.25, -0.2) is 0 Å². The minimum Gasteiger partial charge on any atom is -0.506 e. The van der Waals surface area contributed by atoms with Gasteiger partial charge in [-0.2, -0.15) is 0 Å². The number of phenolic OH excluding ortho intramolecular Hbond substituents is 1. The molecule has 0 bridgehead atoms. The summed E-state index contributed by atoms with van der Waals surface area (Å²) < 4.78 is 0.690. The summed E-state index contributed by atoms with van der Waals surface area (Å²) in [5.74, 6) is 0.619. The van der Waals surface area contributed by atoms with Crippen molar-refractivity contribution in [1.82, 2.24) is 0 Å². The predicted octanol–water partition coefficient (Wildman–Crippen LogP) is 3.55. The van der Waals surface area contributed by atoms with Crippen LogP contribution in [0.5, 0.6) is 5.75 Å². The van der Waals surface area contributed by atoms with Crippen LogP contribution in [0.3, 0.4) is 0 Å². The van der Waals surface area contributed by atoms with Crippen molar-refractivity contribution in [3.8, 4) is 5.75 Å². The third-order valence-corrected chi connectivity index (χ3v) is 3.48. The van der Waals surface area contributed by atoms with E-state index in [1.807, 2.05) is 26.0 Å². The van der Waals surface area contributed by atoms with Crippen LogP contribution in [0.15, 0.2) is 16.6 Å². The maximum atomic E-state index is 10.0. The fourth-order valence-corrected chi connectivity index (χ4v) is 2.03. The largest absolute Gasteiger partial charge is 0.506 e. The molecule has 0 spiro atoms. The van der Waals surface area contributed by atoms with E-state index in [1.54, 1.807) is 0 Å². The first-order chi connectivity index (χ1) is 7.29. The van der Waals surface area contributed by atoms with E-state index < -0.39 is 5.41 Å². The quantitative estimate of drug-likeness (QED) is 0.892. The molecule has 0 aliphatic heterocycles. The highest BCUT2D eigenvalue weighted by atomic mass is 79.9.